The number of benzene rings is 2. The van der Waals surface area contributed by atoms with E-state index in [0.717, 1.165) is 55.9 Å². The van der Waals surface area contributed by atoms with Crippen molar-refractivity contribution < 1.29 is 14.3 Å². The highest BCUT2D eigenvalue weighted by molar-refractivity contribution is 9.10. The maximum absolute atomic E-state index is 13.7. The van der Waals surface area contributed by atoms with E-state index in [4.69, 9.17) is 17.0 Å². The molecule has 2 amide bonds. The van der Waals surface area contributed by atoms with Gasteiger partial charge in [-0.2, -0.15) is 0 Å². The lowest BCUT2D eigenvalue weighted by molar-refractivity contribution is -0.124. The third-order valence-electron chi connectivity index (χ3n) is 7.02. The van der Waals surface area contributed by atoms with Crippen LogP contribution in [0.1, 0.15) is 26.7 Å². The Morgan fingerprint density at radius 1 is 1.00 bits per heavy atom. The van der Waals surface area contributed by atoms with E-state index in [2.05, 4.69) is 38.0 Å². The maximum atomic E-state index is 13.7. The number of likely N-dealkylation sites (N-methyl/N-ethyl adjacent to an activating group) is 1. The second-order valence-corrected chi connectivity index (χ2v) is 10.8. The molecule has 0 aliphatic carbocycles. The molecule has 0 radical (unpaired) electrons. The highest BCUT2D eigenvalue weighted by atomic mass is 79.9. The molecule has 10 heteroatoms. The quantitative estimate of drug-likeness (QED) is 0.387. The minimum Gasteiger partial charge on any atom is -0.494 e. The summed E-state index contributed by atoms with van der Waals surface area (Å²) >= 11 is 9.23. The zero-order valence-electron chi connectivity index (χ0n) is 22.1. The summed E-state index contributed by atoms with van der Waals surface area (Å²) in [4.78, 5) is 35.1. The number of carbonyl (C=O) groups excluding carboxylic acids is 2. The van der Waals surface area contributed by atoms with Crippen LogP contribution in [0.15, 0.2) is 53.0 Å². The van der Waals surface area contributed by atoms with Gasteiger partial charge in [-0.3, -0.25) is 14.5 Å². The van der Waals surface area contributed by atoms with Gasteiger partial charge in [0, 0.05) is 42.9 Å². The lowest BCUT2D eigenvalue weighted by Crippen LogP contribution is -2.47. The van der Waals surface area contributed by atoms with Crippen LogP contribution in [-0.4, -0.2) is 90.1 Å². The van der Waals surface area contributed by atoms with Crippen LogP contribution in [0.2, 0.25) is 0 Å². The highest BCUT2D eigenvalue weighted by Gasteiger charge is 2.44. The van der Waals surface area contributed by atoms with Crippen LogP contribution in [0, 0.1) is 0 Å². The van der Waals surface area contributed by atoms with Crippen molar-refractivity contribution in [2.45, 2.75) is 32.7 Å². The van der Waals surface area contributed by atoms with Gasteiger partial charge in [0.15, 0.2) is 5.11 Å². The van der Waals surface area contributed by atoms with Crippen LogP contribution in [0.25, 0.3) is 0 Å². The summed E-state index contributed by atoms with van der Waals surface area (Å²) in [7, 11) is 0. The molecule has 0 spiro atoms. The summed E-state index contributed by atoms with van der Waals surface area (Å²) in [5, 5.41) is 3.36. The van der Waals surface area contributed by atoms with E-state index in [1.165, 1.54) is 0 Å². The first-order valence-corrected chi connectivity index (χ1v) is 14.5. The lowest BCUT2D eigenvalue weighted by Gasteiger charge is -2.34. The number of carbonyl (C=O) groups is 2. The average Bonchev–Trinajstić information content (AvgIpc) is 3.15. The monoisotopic (exact) mass is 601 g/mol. The largest absolute Gasteiger partial charge is 0.494 e. The summed E-state index contributed by atoms with van der Waals surface area (Å²) in [6.45, 7) is 11.6. The molecule has 2 aromatic carbocycles. The molecule has 0 bridgehead atoms. The van der Waals surface area contributed by atoms with E-state index in [1.807, 2.05) is 60.4 Å². The van der Waals surface area contributed by atoms with Crippen molar-refractivity contribution in [3.05, 3.63) is 53.0 Å². The Balaban J connectivity index is 1.45. The molecular weight excluding hydrogens is 566 g/mol. The molecule has 4 rings (SSSR count). The Morgan fingerprint density at radius 3 is 2.29 bits per heavy atom. The van der Waals surface area contributed by atoms with E-state index in [-0.39, 0.29) is 18.2 Å². The van der Waals surface area contributed by atoms with Crippen molar-refractivity contribution in [2.75, 3.05) is 62.6 Å². The van der Waals surface area contributed by atoms with Gasteiger partial charge in [0.25, 0.3) is 5.91 Å². The summed E-state index contributed by atoms with van der Waals surface area (Å²) in [6, 6.07) is 14.1. The predicted molar refractivity (Wildman–Crippen MR) is 159 cm³/mol. The first-order valence-electron chi connectivity index (χ1n) is 13.3. The first-order chi connectivity index (χ1) is 18.4. The number of anilines is 2. The highest BCUT2D eigenvalue weighted by Crippen LogP contribution is 2.29. The fourth-order valence-electron chi connectivity index (χ4n) is 4.90. The number of rotatable bonds is 11. The Morgan fingerprint density at radius 2 is 1.66 bits per heavy atom. The lowest BCUT2D eigenvalue weighted by atomic mass is 10.1. The van der Waals surface area contributed by atoms with Crippen molar-refractivity contribution in [1.29, 1.82) is 0 Å². The van der Waals surface area contributed by atoms with Gasteiger partial charge < -0.3 is 24.8 Å². The van der Waals surface area contributed by atoms with Gasteiger partial charge in [0.2, 0.25) is 5.91 Å². The zero-order chi connectivity index (χ0) is 27.1. The summed E-state index contributed by atoms with van der Waals surface area (Å²) < 4.78 is 6.48. The summed E-state index contributed by atoms with van der Waals surface area (Å²) in [6.07, 6.45) is 0.888. The van der Waals surface area contributed by atoms with Crippen LogP contribution in [-0.2, 0) is 9.59 Å². The average molecular weight is 603 g/mol. The van der Waals surface area contributed by atoms with Gasteiger partial charge in [0.05, 0.1) is 18.7 Å². The van der Waals surface area contributed by atoms with Crippen LogP contribution in [0.3, 0.4) is 0 Å². The Kier molecular flexibility index (Phi) is 10.1. The van der Waals surface area contributed by atoms with Crippen LogP contribution in [0.5, 0.6) is 5.75 Å². The Bertz CT molecular complexity index is 1110. The number of piperazine rings is 1. The number of ether oxygens (including phenoxy) is 1. The smallest absolute Gasteiger partial charge is 0.256 e. The standard InChI is InChI=1S/C28H36BrN5O3S/c1-3-31-16-18-32(19-17-31)14-5-15-33-25(20-26(35)30-22-8-6-21(29)7-9-22)27(36)34(28(33)38)23-10-12-24(13-11-23)37-4-2/h6-13,25H,3-5,14-20H2,1-2H3,(H,30,35)/t25-/m0/s1. The number of amides is 2. The van der Waals surface area contributed by atoms with Crippen LogP contribution < -0.4 is 15.0 Å². The fourth-order valence-corrected chi connectivity index (χ4v) is 5.58. The summed E-state index contributed by atoms with van der Waals surface area (Å²) in [5.41, 5.74) is 1.37. The van der Waals surface area contributed by atoms with E-state index in [9.17, 15) is 9.59 Å². The van der Waals surface area contributed by atoms with Crippen molar-refractivity contribution in [3.8, 4) is 5.75 Å². The molecule has 1 atom stereocenters. The normalized spacial score (nSPS) is 18.8. The Hall–Kier alpha value is -2.53. The first kappa shape index (κ1) is 28.5. The van der Waals surface area contributed by atoms with Gasteiger partial charge in [0.1, 0.15) is 11.8 Å². The number of hydrogen-bond acceptors (Lipinski definition) is 6. The van der Waals surface area contributed by atoms with Crippen molar-refractivity contribution >= 4 is 56.4 Å². The number of hydrogen-bond donors (Lipinski definition) is 1. The molecule has 2 aliphatic rings. The van der Waals surface area contributed by atoms with E-state index < -0.39 is 6.04 Å². The molecule has 1 N–H and O–H groups in total. The second-order valence-electron chi connectivity index (χ2n) is 9.48. The molecule has 2 saturated heterocycles. The van der Waals surface area contributed by atoms with Gasteiger partial charge in [-0.05, 0) is 87.2 Å². The third kappa shape index (κ3) is 7.11. The number of thiocarbonyl (C=S) groups is 1. The minimum absolute atomic E-state index is 0.0255. The fraction of sp³-hybridized carbons (Fsp3) is 0.464. The molecule has 2 aromatic rings. The topological polar surface area (TPSA) is 68.4 Å². The zero-order valence-corrected chi connectivity index (χ0v) is 24.5. The molecule has 2 fully saturated rings. The maximum Gasteiger partial charge on any atom is 0.256 e. The van der Waals surface area contributed by atoms with Gasteiger partial charge >= 0.3 is 0 Å². The van der Waals surface area contributed by atoms with Gasteiger partial charge in [-0.1, -0.05) is 22.9 Å². The summed E-state index contributed by atoms with van der Waals surface area (Å²) in [5.74, 6) is 0.337. The molecule has 204 valence electrons. The van der Waals surface area contributed by atoms with Crippen molar-refractivity contribution in [3.63, 3.8) is 0 Å². The molecule has 8 nitrogen and oxygen atoms in total. The molecule has 0 aromatic heterocycles. The van der Waals surface area contributed by atoms with Crippen LogP contribution >= 0.6 is 28.1 Å². The molecular formula is C28H36BrN5O3S. The van der Waals surface area contributed by atoms with E-state index in [0.29, 0.717) is 29.6 Å². The van der Waals surface area contributed by atoms with Crippen LogP contribution in [0.4, 0.5) is 11.4 Å². The van der Waals surface area contributed by atoms with Crippen molar-refractivity contribution in [2.24, 2.45) is 0 Å². The molecule has 2 aliphatic heterocycles. The Labute approximate surface area is 239 Å². The molecule has 0 saturated carbocycles. The molecule has 0 unspecified atom stereocenters. The third-order valence-corrected chi connectivity index (χ3v) is 7.96. The number of nitrogens with one attached hydrogen (secondary N) is 1. The van der Waals surface area contributed by atoms with Gasteiger partial charge in [-0.15, -0.1) is 0 Å². The number of nitrogens with zero attached hydrogens (tertiary/aromatic N) is 4. The predicted octanol–water partition coefficient (Wildman–Crippen LogP) is 4.21. The minimum atomic E-state index is -0.651. The second kappa shape index (κ2) is 13.5. The van der Waals surface area contributed by atoms with Crippen molar-refractivity contribution in [1.82, 2.24) is 14.7 Å². The van der Waals surface area contributed by atoms with E-state index >= 15 is 0 Å². The van der Waals surface area contributed by atoms with Gasteiger partial charge in [-0.25, -0.2) is 0 Å². The van der Waals surface area contributed by atoms with E-state index in [1.54, 1.807) is 4.90 Å². The molecule has 38 heavy (non-hydrogen) atoms. The number of halogens is 1. The molecule has 2 heterocycles. The SMILES string of the molecule is CCOc1ccc(N2C(=O)[C@H](CC(=O)Nc3ccc(Br)cc3)N(CCCN3CCN(CC)CC3)C2=S)cc1.